The number of ether oxygens (including phenoxy) is 1. The Hall–Kier alpha value is -2.30. The highest BCUT2D eigenvalue weighted by Crippen LogP contribution is 2.28. The highest BCUT2D eigenvalue weighted by atomic mass is 19.1. The third-order valence-corrected chi connectivity index (χ3v) is 2.93. The van der Waals surface area contributed by atoms with Crippen LogP contribution in [-0.2, 0) is 6.54 Å². The van der Waals surface area contributed by atoms with Crippen LogP contribution in [0.2, 0.25) is 0 Å². The van der Waals surface area contributed by atoms with Crippen molar-refractivity contribution in [1.29, 1.82) is 0 Å². The summed E-state index contributed by atoms with van der Waals surface area (Å²) in [4.78, 5) is 4.03. The number of nitrogens with two attached hydrogens (primary N) is 1. The van der Waals surface area contributed by atoms with E-state index in [-0.39, 0.29) is 5.75 Å². The number of methoxy groups -OCH3 is 1. The van der Waals surface area contributed by atoms with Crippen LogP contribution in [0.15, 0.2) is 30.6 Å². The van der Waals surface area contributed by atoms with Gasteiger partial charge in [0.15, 0.2) is 11.6 Å². The Morgan fingerprint density at radius 1 is 1.42 bits per heavy atom. The van der Waals surface area contributed by atoms with Gasteiger partial charge in [-0.15, -0.1) is 0 Å². The van der Waals surface area contributed by atoms with Gasteiger partial charge in [-0.3, -0.25) is 4.98 Å². The van der Waals surface area contributed by atoms with Gasteiger partial charge in [0.1, 0.15) is 0 Å². The molecule has 0 atom stereocenters. The molecule has 1 heterocycles. The topological polar surface area (TPSA) is 60.2 Å². The fourth-order valence-corrected chi connectivity index (χ4v) is 1.77. The Morgan fingerprint density at radius 2 is 2.21 bits per heavy atom. The molecule has 3 N–H and O–H groups in total. The number of benzene rings is 1. The van der Waals surface area contributed by atoms with Crippen molar-refractivity contribution in [3.63, 3.8) is 0 Å². The SMILES string of the molecule is COc1cc(NCc2ccncc2C)c(N)cc1F. The number of nitrogen functional groups attached to an aromatic ring is 1. The molecule has 100 valence electrons. The molecule has 0 spiro atoms. The second-order valence-electron chi connectivity index (χ2n) is 4.23. The van der Waals surface area contributed by atoms with E-state index in [9.17, 15) is 4.39 Å². The van der Waals surface area contributed by atoms with Crippen molar-refractivity contribution in [1.82, 2.24) is 4.98 Å². The van der Waals surface area contributed by atoms with E-state index in [0.717, 1.165) is 11.1 Å². The Bertz CT molecular complexity index is 587. The molecule has 0 saturated carbocycles. The number of halogens is 1. The van der Waals surface area contributed by atoms with Crippen LogP contribution in [0.25, 0.3) is 0 Å². The summed E-state index contributed by atoms with van der Waals surface area (Å²) in [7, 11) is 1.42. The van der Waals surface area contributed by atoms with Crippen molar-refractivity contribution in [2.24, 2.45) is 0 Å². The third kappa shape index (κ3) is 2.93. The van der Waals surface area contributed by atoms with Crippen molar-refractivity contribution in [3.05, 3.63) is 47.5 Å². The molecule has 0 unspecified atom stereocenters. The maximum atomic E-state index is 13.4. The zero-order valence-corrected chi connectivity index (χ0v) is 10.9. The van der Waals surface area contributed by atoms with Gasteiger partial charge < -0.3 is 15.8 Å². The third-order valence-electron chi connectivity index (χ3n) is 2.93. The molecular formula is C14H16FN3O. The van der Waals surface area contributed by atoms with Crippen LogP contribution < -0.4 is 15.8 Å². The summed E-state index contributed by atoms with van der Waals surface area (Å²) in [5.41, 5.74) is 8.97. The highest BCUT2D eigenvalue weighted by molar-refractivity contribution is 5.68. The Labute approximate surface area is 111 Å². The van der Waals surface area contributed by atoms with E-state index in [1.54, 1.807) is 18.5 Å². The van der Waals surface area contributed by atoms with E-state index in [0.29, 0.717) is 17.9 Å². The van der Waals surface area contributed by atoms with Crippen LogP contribution in [0.1, 0.15) is 11.1 Å². The first-order valence-corrected chi connectivity index (χ1v) is 5.88. The van der Waals surface area contributed by atoms with Crippen LogP contribution in [0.5, 0.6) is 5.75 Å². The molecule has 0 bridgehead atoms. The number of anilines is 2. The maximum absolute atomic E-state index is 13.4. The number of hydrogen-bond donors (Lipinski definition) is 2. The minimum atomic E-state index is -0.467. The fourth-order valence-electron chi connectivity index (χ4n) is 1.77. The predicted octanol–water partition coefficient (Wildman–Crippen LogP) is 2.73. The number of nitrogens with one attached hydrogen (secondary N) is 1. The number of nitrogens with zero attached hydrogens (tertiary/aromatic N) is 1. The number of aryl methyl sites for hydroxylation is 1. The van der Waals surface area contributed by atoms with Crippen LogP contribution in [-0.4, -0.2) is 12.1 Å². The van der Waals surface area contributed by atoms with E-state index in [4.69, 9.17) is 10.5 Å². The van der Waals surface area contributed by atoms with Gasteiger partial charge in [-0.1, -0.05) is 0 Å². The lowest BCUT2D eigenvalue weighted by molar-refractivity contribution is 0.387. The van der Waals surface area contributed by atoms with E-state index < -0.39 is 5.82 Å². The van der Waals surface area contributed by atoms with Gasteiger partial charge in [-0.25, -0.2) is 4.39 Å². The predicted molar refractivity (Wildman–Crippen MR) is 73.7 cm³/mol. The average Bonchev–Trinajstić information content (AvgIpc) is 2.39. The lowest BCUT2D eigenvalue weighted by Crippen LogP contribution is -2.05. The standard InChI is InChI=1S/C14H16FN3O/c1-9-7-17-4-3-10(9)8-18-13-6-14(19-2)11(15)5-12(13)16/h3-7,18H,8,16H2,1-2H3. The van der Waals surface area contributed by atoms with Crippen molar-refractivity contribution >= 4 is 11.4 Å². The number of hydrogen-bond acceptors (Lipinski definition) is 4. The zero-order chi connectivity index (χ0) is 13.8. The van der Waals surface area contributed by atoms with Gasteiger partial charge in [0.2, 0.25) is 0 Å². The van der Waals surface area contributed by atoms with Gasteiger partial charge in [0.25, 0.3) is 0 Å². The molecule has 1 aromatic heterocycles. The smallest absolute Gasteiger partial charge is 0.167 e. The Morgan fingerprint density at radius 3 is 2.89 bits per heavy atom. The molecule has 1 aromatic carbocycles. The molecule has 0 aliphatic rings. The molecule has 2 rings (SSSR count). The minimum absolute atomic E-state index is 0.170. The summed E-state index contributed by atoms with van der Waals surface area (Å²) < 4.78 is 18.4. The fraction of sp³-hybridized carbons (Fsp3) is 0.214. The van der Waals surface area contributed by atoms with Gasteiger partial charge in [-0.2, -0.15) is 0 Å². The van der Waals surface area contributed by atoms with E-state index >= 15 is 0 Å². The first-order valence-electron chi connectivity index (χ1n) is 5.88. The van der Waals surface area contributed by atoms with Crippen molar-refractivity contribution < 1.29 is 9.13 Å². The Kier molecular flexibility index (Phi) is 3.85. The molecule has 0 amide bonds. The van der Waals surface area contributed by atoms with Crippen molar-refractivity contribution in [3.8, 4) is 5.75 Å². The normalized spacial score (nSPS) is 10.3. The Balaban J connectivity index is 2.18. The van der Waals surface area contributed by atoms with Crippen molar-refractivity contribution in [2.75, 3.05) is 18.2 Å². The van der Waals surface area contributed by atoms with Crippen molar-refractivity contribution in [2.45, 2.75) is 13.5 Å². The number of aromatic nitrogens is 1. The summed E-state index contributed by atoms with van der Waals surface area (Å²) in [5, 5.41) is 3.17. The molecule has 0 fully saturated rings. The zero-order valence-electron chi connectivity index (χ0n) is 10.9. The van der Waals surface area contributed by atoms with Crippen LogP contribution in [0.4, 0.5) is 15.8 Å². The van der Waals surface area contributed by atoms with Gasteiger partial charge >= 0.3 is 0 Å². The second-order valence-corrected chi connectivity index (χ2v) is 4.23. The second kappa shape index (κ2) is 5.56. The van der Waals surface area contributed by atoms with E-state index in [2.05, 4.69) is 10.3 Å². The molecule has 0 aliphatic carbocycles. The van der Waals surface area contributed by atoms with Gasteiger partial charge in [-0.05, 0) is 24.1 Å². The quantitative estimate of drug-likeness (QED) is 0.831. The molecule has 19 heavy (non-hydrogen) atoms. The highest BCUT2D eigenvalue weighted by Gasteiger charge is 2.08. The van der Waals surface area contributed by atoms with Crippen LogP contribution in [0, 0.1) is 12.7 Å². The monoisotopic (exact) mass is 261 g/mol. The lowest BCUT2D eigenvalue weighted by Gasteiger charge is -2.12. The first kappa shape index (κ1) is 13.1. The molecule has 0 radical (unpaired) electrons. The lowest BCUT2D eigenvalue weighted by atomic mass is 10.1. The summed E-state index contributed by atoms with van der Waals surface area (Å²) in [6, 6.07) is 4.74. The molecule has 0 aliphatic heterocycles. The average molecular weight is 261 g/mol. The molecule has 0 saturated heterocycles. The first-order chi connectivity index (χ1) is 9.11. The van der Waals surface area contributed by atoms with Gasteiger partial charge in [0, 0.05) is 31.1 Å². The summed E-state index contributed by atoms with van der Waals surface area (Å²) in [6.07, 6.45) is 3.53. The number of rotatable bonds is 4. The van der Waals surface area contributed by atoms with E-state index in [1.807, 2.05) is 13.0 Å². The van der Waals surface area contributed by atoms with Gasteiger partial charge in [0.05, 0.1) is 18.5 Å². The summed E-state index contributed by atoms with van der Waals surface area (Å²) >= 11 is 0. The molecule has 2 aromatic rings. The minimum Gasteiger partial charge on any atom is -0.494 e. The summed E-state index contributed by atoms with van der Waals surface area (Å²) in [5.74, 6) is -0.297. The molecular weight excluding hydrogens is 245 g/mol. The summed E-state index contributed by atoms with van der Waals surface area (Å²) in [6.45, 7) is 2.58. The molecule has 4 nitrogen and oxygen atoms in total. The van der Waals surface area contributed by atoms with Crippen LogP contribution >= 0.6 is 0 Å². The van der Waals surface area contributed by atoms with E-state index in [1.165, 1.54) is 13.2 Å². The maximum Gasteiger partial charge on any atom is 0.167 e. The molecule has 5 heteroatoms. The number of pyridine rings is 1. The van der Waals surface area contributed by atoms with Crippen LogP contribution in [0.3, 0.4) is 0 Å². The largest absolute Gasteiger partial charge is 0.494 e.